The first kappa shape index (κ1) is 80.2. The maximum Gasteiger partial charge on any atom is 0.418 e. The minimum absolute atomic E-state index is 0.0678. The summed E-state index contributed by atoms with van der Waals surface area (Å²) < 4.78 is 60.2. The van der Waals surface area contributed by atoms with E-state index in [0.29, 0.717) is 112 Å². The first-order valence-electron chi connectivity index (χ1n) is 35.9. The average Bonchev–Trinajstić information content (AvgIpc) is 1.17. The van der Waals surface area contributed by atoms with Crippen LogP contribution in [0, 0.1) is 25.7 Å². The van der Waals surface area contributed by atoms with E-state index in [9.17, 15) is 42.9 Å². The molecule has 0 radical (unpaired) electrons. The smallest absolute Gasteiger partial charge is 0.418 e. The highest BCUT2D eigenvalue weighted by Gasteiger charge is 2.36. The lowest BCUT2D eigenvalue weighted by Crippen LogP contribution is -2.49. The number of nitrogens with one attached hydrogen (secondary N) is 4. The molecule has 0 bridgehead atoms. The zero-order chi connectivity index (χ0) is 74.5. The number of carbonyl (C=O) groups excluding carboxylic acids is 8. The van der Waals surface area contributed by atoms with Crippen LogP contribution in [0.4, 0.5) is 0 Å². The quantitative estimate of drug-likeness (QED) is 0.00909. The summed E-state index contributed by atoms with van der Waals surface area (Å²) >= 11 is 0. The maximum atomic E-state index is 14.0. The van der Waals surface area contributed by atoms with Gasteiger partial charge in [0.15, 0.2) is 11.5 Å². The lowest BCUT2D eigenvalue weighted by atomic mass is 9.90. The summed E-state index contributed by atoms with van der Waals surface area (Å²) in [6.07, 6.45) is 6.80. The maximum absolute atomic E-state index is 14.0. The van der Waals surface area contributed by atoms with Crippen molar-refractivity contribution >= 4 is 56.6 Å². The molecule has 104 heavy (non-hydrogen) atoms. The summed E-state index contributed by atoms with van der Waals surface area (Å²) in [6.45, 7) is 22.0. The molecule has 4 N–H and O–H groups in total. The molecule has 4 heterocycles. The van der Waals surface area contributed by atoms with Gasteiger partial charge in [-0.25, -0.2) is 14.2 Å². The van der Waals surface area contributed by atoms with E-state index in [1.807, 2.05) is 38.1 Å². The number of carbonyl (C=O) groups is 8. The normalized spacial score (nSPS) is 14.4. The van der Waals surface area contributed by atoms with Gasteiger partial charge in [0.05, 0.1) is 88.0 Å². The minimum Gasteiger partial charge on any atom is -0.494 e. The molecule has 0 saturated carbocycles. The van der Waals surface area contributed by atoms with Gasteiger partial charge >= 0.3 is 20.2 Å². The Morgan fingerprint density at radius 3 is 1.26 bits per heavy atom. The summed E-state index contributed by atoms with van der Waals surface area (Å²) in [6, 6.07) is 24.6. The minimum atomic E-state index is -3.41. The molecule has 0 unspecified atom stereocenters. The molecular weight excluding hydrogens is 1360 g/mol. The number of morpholine rings is 2. The Balaban J connectivity index is 0.854. The van der Waals surface area contributed by atoms with Crippen molar-refractivity contribution in [3.8, 4) is 45.6 Å². The van der Waals surface area contributed by atoms with Crippen molar-refractivity contribution in [2.45, 2.75) is 145 Å². The predicted octanol–water partition coefficient (Wildman–Crippen LogP) is 11.2. The van der Waals surface area contributed by atoms with E-state index in [2.05, 4.69) is 31.1 Å². The van der Waals surface area contributed by atoms with Crippen molar-refractivity contribution in [1.82, 2.24) is 41.2 Å². The van der Waals surface area contributed by atoms with E-state index < -0.39 is 67.7 Å². The molecule has 2 aliphatic heterocycles. The number of rotatable bonds is 42. The van der Waals surface area contributed by atoms with Gasteiger partial charge in [0.1, 0.15) is 34.5 Å². The standard InChI is InChI=1S/C76H99N8O19P/c1-9-15-17-19-63(65(11-3)83(49-85)100-75(91)61-23-21-53(37-51(61)7)45-81-29-33-94-34-30-81)71(87)77-47-79-73(89)69-27-25-67(98-69)55-39-57(96-13-5)43-59(41-55)102-104(93)103-60-42-56(40-58(44-60)97-14-6)68-26-28-70(99-68)74(90)80-48-78-72(88)64(20-18-16-10-2)66(12-4)84(50-86)101-76(92)62-24-22-54(38-52(62)8)46-82-31-35-95-36-32-82/h21-28,37-44,49-50,63-66,104H,9-20,29-36,45-48H2,1-8H3,(H,77,87)(H,78,88)(H,79,89)(H,80,90)/t63-,64-,65-,66-/m1/s1. The third-order valence-electron chi connectivity index (χ3n) is 18.0. The van der Waals surface area contributed by atoms with Crippen LogP contribution in [0.15, 0.2) is 106 Å². The summed E-state index contributed by atoms with van der Waals surface area (Å²) in [7, 11) is -3.41. The van der Waals surface area contributed by atoms with Crippen LogP contribution in [0.1, 0.15) is 170 Å². The van der Waals surface area contributed by atoms with Crippen LogP contribution in [-0.4, -0.2) is 160 Å². The van der Waals surface area contributed by atoms with Gasteiger partial charge in [-0.1, -0.05) is 90.5 Å². The van der Waals surface area contributed by atoms with Crippen LogP contribution in [0.3, 0.4) is 0 Å². The molecule has 2 fully saturated rings. The number of hydrogen-bond donors (Lipinski definition) is 4. The zero-order valence-electron chi connectivity index (χ0n) is 60.7. The summed E-state index contributed by atoms with van der Waals surface area (Å²) in [5.41, 5.74) is 4.76. The highest BCUT2D eigenvalue weighted by Crippen LogP contribution is 2.40. The van der Waals surface area contributed by atoms with Crippen LogP contribution >= 0.6 is 8.25 Å². The second kappa shape index (κ2) is 41.1. The zero-order valence-corrected chi connectivity index (χ0v) is 61.7. The van der Waals surface area contributed by atoms with E-state index in [1.54, 1.807) is 77.9 Å². The van der Waals surface area contributed by atoms with Gasteiger partial charge < -0.3 is 67.8 Å². The second-order valence-corrected chi connectivity index (χ2v) is 26.3. The highest BCUT2D eigenvalue weighted by molar-refractivity contribution is 7.34. The molecule has 2 aromatic heterocycles. The summed E-state index contributed by atoms with van der Waals surface area (Å²) in [5.74, 6) is -4.35. The molecule has 4 aromatic carbocycles. The van der Waals surface area contributed by atoms with Crippen LogP contribution in [0.5, 0.6) is 23.0 Å². The van der Waals surface area contributed by atoms with Gasteiger partial charge in [0.2, 0.25) is 24.6 Å². The monoisotopic (exact) mass is 1460 g/mol. The second-order valence-electron chi connectivity index (χ2n) is 25.4. The van der Waals surface area contributed by atoms with E-state index >= 15 is 0 Å². The molecular formula is C76H99N8O19P. The SMILES string of the molecule is CCCCC[C@@H](C(=O)NCNC(=O)c1ccc(-c2cc(OCC)cc(O[PH](=O)Oc3cc(OCC)cc(-c4ccc(C(=O)NCNC(=O)[C@H](CCCCC)[C@@H](CC)N(C=O)OC(=O)c5ccc(CN6CCOCC6)cc5C)o4)c3)c2)o1)[C@@H](CC)N(C=O)OC(=O)c1ccc(CN2CCOCC2)cc1C. The molecule has 6 amide bonds. The molecule has 8 rings (SSSR count). The topological polar surface area (TPSA) is 315 Å². The van der Waals surface area contributed by atoms with E-state index in [-0.39, 0.29) is 85.1 Å². The van der Waals surface area contributed by atoms with Crippen LogP contribution < -0.4 is 39.8 Å². The number of ether oxygens (including phenoxy) is 4. The number of amides is 6. The summed E-state index contributed by atoms with van der Waals surface area (Å²) in [4.78, 5) is 124. The molecule has 4 atom stereocenters. The number of benzene rings is 4. The van der Waals surface area contributed by atoms with Gasteiger partial charge in [0.25, 0.3) is 11.8 Å². The fourth-order valence-corrected chi connectivity index (χ4v) is 13.3. The van der Waals surface area contributed by atoms with Gasteiger partial charge in [0, 0.05) is 62.5 Å². The first-order valence-corrected chi connectivity index (χ1v) is 37.1. The van der Waals surface area contributed by atoms with Gasteiger partial charge in [-0.15, -0.1) is 0 Å². The van der Waals surface area contributed by atoms with E-state index in [1.165, 1.54) is 36.4 Å². The van der Waals surface area contributed by atoms with Crippen molar-refractivity contribution in [2.75, 3.05) is 79.2 Å². The molecule has 562 valence electrons. The number of hydroxylamine groups is 4. The van der Waals surface area contributed by atoms with Crippen LogP contribution in [-0.2, 0) is 56.0 Å². The predicted molar refractivity (Wildman–Crippen MR) is 386 cm³/mol. The highest BCUT2D eigenvalue weighted by atomic mass is 31.1. The molecule has 28 heteroatoms. The van der Waals surface area contributed by atoms with Crippen molar-refractivity contribution in [3.05, 3.63) is 142 Å². The Hall–Kier alpha value is -9.53. The van der Waals surface area contributed by atoms with Crippen LogP contribution in [0.2, 0.25) is 0 Å². The fourth-order valence-electron chi connectivity index (χ4n) is 12.6. The lowest BCUT2D eigenvalue weighted by molar-refractivity contribution is -0.171. The van der Waals surface area contributed by atoms with Crippen molar-refractivity contribution in [2.24, 2.45) is 11.8 Å². The van der Waals surface area contributed by atoms with E-state index in [4.69, 9.17) is 46.5 Å². The van der Waals surface area contributed by atoms with Crippen molar-refractivity contribution in [3.63, 3.8) is 0 Å². The number of furan rings is 2. The molecule has 2 aliphatic rings. The van der Waals surface area contributed by atoms with Crippen molar-refractivity contribution < 1.29 is 89.4 Å². The number of hydrogen-bond acceptors (Lipinski definition) is 21. The Morgan fingerprint density at radius 2 is 0.904 bits per heavy atom. The third-order valence-corrected chi connectivity index (χ3v) is 18.8. The Kier molecular flexibility index (Phi) is 31.7. The summed E-state index contributed by atoms with van der Waals surface area (Å²) in [5, 5.41) is 12.7. The number of unbranched alkanes of at least 4 members (excludes halogenated alkanes) is 4. The molecule has 2 saturated heterocycles. The van der Waals surface area contributed by atoms with Gasteiger partial charge in [-0.3, -0.25) is 38.6 Å². The first-order chi connectivity index (χ1) is 50.4. The molecule has 0 spiro atoms. The largest absolute Gasteiger partial charge is 0.494 e. The van der Waals surface area contributed by atoms with E-state index in [0.717, 1.165) is 73.1 Å². The average molecular weight is 1460 g/mol. The Bertz CT molecular complexity index is 3620. The van der Waals surface area contributed by atoms with Gasteiger partial charge in [-0.05, 0) is 136 Å². The Morgan fingerprint density at radius 1 is 0.510 bits per heavy atom. The molecule has 6 aromatic rings. The molecule has 0 aliphatic carbocycles. The number of aryl methyl sites for hydroxylation is 2. The van der Waals surface area contributed by atoms with Crippen LogP contribution in [0.25, 0.3) is 22.6 Å². The lowest BCUT2D eigenvalue weighted by Gasteiger charge is -2.32. The number of nitrogens with zero attached hydrogens (tertiary/aromatic N) is 4. The fraction of sp³-hybridized carbons (Fsp3) is 0.474. The Labute approximate surface area is 608 Å². The third kappa shape index (κ3) is 23.2. The van der Waals surface area contributed by atoms with Crippen molar-refractivity contribution in [1.29, 1.82) is 0 Å². The van der Waals surface area contributed by atoms with Gasteiger partial charge in [-0.2, -0.15) is 10.1 Å². The molecule has 27 nitrogen and oxygen atoms in total.